The van der Waals surface area contributed by atoms with Gasteiger partial charge in [-0.1, -0.05) is 6.42 Å². The summed E-state index contributed by atoms with van der Waals surface area (Å²) < 4.78 is 47.8. The fourth-order valence-corrected chi connectivity index (χ4v) is 5.55. The fraction of sp³-hybridized carbons (Fsp3) is 0.611. The second-order valence-electron chi connectivity index (χ2n) is 7.20. The van der Waals surface area contributed by atoms with E-state index in [4.69, 9.17) is 10.5 Å². The molecule has 3 unspecified atom stereocenters. The molecule has 7 nitrogen and oxygen atoms in total. The molecule has 3 rings (SSSR count). The lowest BCUT2D eigenvalue weighted by Crippen LogP contribution is -2.53. The number of nitrogens with one attached hydrogen (secondary N) is 1. The number of piperidine rings is 1. The van der Waals surface area contributed by atoms with Crippen molar-refractivity contribution in [1.82, 2.24) is 4.31 Å². The standard InChI is InChI=1S/C18H26FN3O4S/c1-12(23)21-16-11-14(5-6-15(16)19)27(24,25)22-8-3-2-4-17(22)18-10-13(20)7-9-26-18/h5-6,11,13,17-18H,2-4,7-10,20H2,1H3,(H,21,23). The van der Waals surface area contributed by atoms with Gasteiger partial charge in [0.2, 0.25) is 15.9 Å². The van der Waals surface area contributed by atoms with E-state index in [0.29, 0.717) is 26.0 Å². The first-order valence-corrected chi connectivity index (χ1v) is 10.7. The van der Waals surface area contributed by atoms with Gasteiger partial charge in [-0.05, 0) is 43.9 Å². The van der Waals surface area contributed by atoms with Gasteiger partial charge in [-0.25, -0.2) is 12.8 Å². The lowest BCUT2D eigenvalue weighted by atomic mass is 9.93. The highest BCUT2D eigenvalue weighted by molar-refractivity contribution is 7.89. The Morgan fingerprint density at radius 3 is 2.81 bits per heavy atom. The maximum absolute atomic E-state index is 13.9. The molecular formula is C18H26FN3O4S. The monoisotopic (exact) mass is 399 g/mol. The Morgan fingerprint density at radius 2 is 2.11 bits per heavy atom. The Hall–Kier alpha value is -1.55. The summed E-state index contributed by atoms with van der Waals surface area (Å²) in [5, 5.41) is 2.33. The molecule has 1 aromatic rings. The van der Waals surface area contributed by atoms with Crippen LogP contribution in [0.3, 0.4) is 0 Å². The van der Waals surface area contributed by atoms with E-state index in [1.165, 1.54) is 23.4 Å². The first kappa shape index (κ1) is 20.2. The summed E-state index contributed by atoms with van der Waals surface area (Å²) in [6, 6.07) is 3.18. The van der Waals surface area contributed by atoms with Crippen LogP contribution in [0.4, 0.5) is 10.1 Å². The second kappa shape index (κ2) is 8.22. The highest BCUT2D eigenvalue weighted by Crippen LogP contribution is 2.32. The fourth-order valence-electron chi connectivity index (χ4n) is 3.81. The molecule has 3 N–H and O–H groups in total. The average molecular weight is 399 g/mol. The van der Waals surface area contributed by atoms with Crippen LogP contribution in [0.25, 0.3) is 0 Å². The molecule has 2 fully saturated rings. The van der Waals surface area contributed by atoms with Gasteiger partial charge in [-0.3, -0.25) is 4.79 Å². The summed E-state index contributed by atoms with van der Waals surface area (Å²) in [6.45, 7) is 2.15. The Balaban J connectivity index is 1.90. The van der Waals surface area contributed by atoms with E-state index in [2.05, 4.69) is 5.32 Å². The van der Waals surface area contributed by atoms with Gasteiger partial charge in [-0.2, -0.15) is 4.31 Å². The van der Waals surface area contributed by atoms with Crippen LogP contribution in [0.15, 0.2) is 23.1 Å². The Bertz CT molecular complexity index is 802. The molecule has 0 aromatic heterocycles. The van der Waals surface area contributed by atoms with Gasteiger partial charge in [-0.15, -0.1) is 0 Å². The molecule has 1 amide bonds. The van der Waals surface area contributed by atoms with E-state index in [9.17, 15) is 17.6 Å². The highest BCUT2D eigenvalue weighted by atomic mass is 32.2. The lowest BCUT2D eigenvalue weighted by molar-refractivity contribution is -0.114. The average Bonchev–Trinajstić information content (AvgIpc) is 2.63. The summed E-state index contributed by atoms with van der Waals surface area (Å²) in [5.41, 5.74) is 5.91. The number of hydrogen-bond donors (Lipinski definition) is 2. The number of halogens is 1. The third-order valence-electron chi connectivity index (χ3n) is 5.14. The van der Waals surface area contributed by atoms with Crippen LogP contribution in [-0.2, 0) is 19.6 Å². The van der Waals surface area contributed by atoms with Crippen LogP contribution in [-0.4, -0.2) is 50.0 Å². The molecule has 0 bridgehead atoms. The van der Waals surface area contributed by atoms with Crippen LogP contribution in [0.2, 0.25) is 0 Å². The molecule has 0 aliphatic carbocycles. The predicted molar refractivity (Wildman–Crippen MR) is 99.2 cm³/mol. The number of rotatable bonds is 4. The number of nitrogens with two attached hydrogens (primary N) is 1. The quantitative estimate of drug-likeness (QED) is 0.804. The maximum atomic E-state index is 13.9. The molecule has 150 valence electrons. The molecule has 9 heteroatoms. The van der Waals surface area contributed by atoms with Crippen LogP contribution in [0, 0.1) is 5.82 Å². The topological polar surface area (TPSA) is 102 Å². The number of carbonyl (C=O) groups is 1. The van der Waals surface area contributed by atoms with E-state index in [1.807, 2.05) is 0 Å². The molecule has 0 spiro atoms. The number of nitrogens with zero attached hydrogens (tertiary/aromatic N) is 1. The van der Waals surface area contributed by atoms with E-state index in [-0.39, 0.29) is 28.8 Å². The van der Waals surface area contributed by atoms with Gasteiger partial charge in [0.1, 0.15) is 5.82 Å². The summed E-state index contributed by atoms with van der Waals surface area (Å²) >= 11 is 0. The van der Waals surface area contributed by atoms with Crippen molar-refractivity contribution >= 4 is 21.6 Å². The second-order valence-corrected chi connectivity index (χ2v) is 9.09. The molecule has 3 atom stereocenters. The van der Waals surface area contributed by atoms with Crippen molar-refractivity contribution in [1.29, 1.82) is 0 Å². The maximum Gasteiger partial charge on any atom is 0.243 e. The van der Waals surface area contributed by atoms with Crippen LogP contribution in [0.1, 0.15) is 39.0 Å². The smallest absolute Gasteiger partial charge is 0.243 e. The van der Waals surface area contributed by atoms with E-state index in [0.717, 1.165) is 25.3 Å². The van der Waals surface area contributed by atoms with E-state index >= 15 is 0 Å². The molecule has 2 aliphatic rings. The van der Waals surface area contributed by atoms with Gasteiger partial charge in [0.15, 0.2) is 0 Å². The molecular weight excluding hydrogens is 373 g/mol. The first-order valence-electron chi connectivity index (χ1n) is 9.25. The number of amides is 1. The van der Waals surface area contributed by atoms with Crippen molar-refractivity contribution in [3.05, 3.63) is 24.0 Å². The highest BCUT2D eigenvalue weighted by Gasteiger charge is 2.40. The summed E-state index contributed by atoms with van der Waals surface area (Å²) in [5.74, 6) is -1.15. The zero-order valence-electron chi connectivity index (χ0n) is 15.4. The molecule has 2 aliphatic heterocycles. The lowest BCUT2D eigenvalue weighted by Gasteiger charge is -2.41. The molecule has 1 aromatic carbocycles. The zero-order valence-corrected chi connectivity index (χ0v) is 16.2. The third kappa shape index (κ3) is 4.48. The summed E-state index contributed by atoms with van der Waals surface area (Å²) in [6.07, 6.45) is 3.54. The number of ether oxygens (including phenoxy) is 1. The summed E-state index contributed by atoms with van der Waals surface area (Å²) in [4.78, 5) is 11.2. The van der Waals surface area contributed by atoms with Crippen molar-refractivity contribution in [2.45, 2.75) is 62.1 Å². The van der Waals surface area contributed by atoms with Crippen molar-refractivity contribution in [2.75, 3.05) is 18.5 Å². The number of benzene rings is 1. The number of sulfonamides is 1. The minimum atomic E-state index is -3.86. The van der Waals surface area contributed by atoms with Crippen molar-refractivity contribution in [2.24, 2.45) is 5.73 Å². The third-order valence-corrected chi connectivity index (χ3v) is 7.06. The SMILES string of the molecule is CC(=O)Nc1cc(S(=O)(=O)N2CCCCC2C2CC(N)CCO2)ccc1F. The van der Waals surface area contributed by atoms with Gasteiger partial charge in [0.25, 0.3) is 0 Å². The van der Waals surface area contributed by atoms with Crippen LogP contribution < -0.4 is 11.1 Å². The largest absolute Gasteiger partial charge is 0.376 e. The van der Waals surface area contributed by atoms with Gasteiger partial charge < -0.3 is 15.8 Å². The Kier molecular flexibility index (Phi) is 6.15. The number of anilines is 1. The predicted octanol–water partition coefficient (Wildman–Crippen LogP) is 1.83. The van der Waals surface area contributed by atoms with Crippen LogP contribution >= 0.6 is 0 Å². The van der Waals surface area contributed by atoms with Crippen molar-refractivity contribution in [3.8, 4) is 0 Å². The first-order chi connectivity index (χ1) is 12.8. The molecule has 0 radical (unpaired) electrons. The van der Waals surface area contributed by atoms with E-state index < -0.39 is 21.7 Å². The number of carbonyl (C=O) groups excluding carboxylic acids is 1. The van der Waals surface area contributed by atoms with Crippen molar-refractivity contribution in [3.63, 3.8) is 0 Å². The Labute approximate surface area is 159 Å². The van der Waals surface area contributed by atoms with Crippen molar-refractivity contribution < 1.29 is 22.3 Å². The molecule has 27 heavy (non-hydrogen) atoms. The summed E-state index contributed by atoms with van der Waals surface area (Å²) in [7, 11) is -3.86. The molecule has 2 saturated heterocycles. The molecule has 0 saturated carbocycles. The minimum Gasteiger partial charge on any atom is -0.376 e. The number of hydrogen-bond acceptors (Lipinski definition) is 5. The molecule has 2 heterocycles. The Morgan fingerprint density at radius 1 is 1.33 bits per heavy atom. The zero-order chi connectivity index (χ0) is 19.6. The van der Waals surface area contributed by atoms with Gasteiger partial charge in [0, 0.05) is 26.1 Å². The van der Waals surface area contributed by atoms with Gasteiger partial charge >= 0.3 is 0 Å². The minimum absolute atomic E-state index is 0.00687. The van der Waals surface area contributed by atoms with Gasteiger partial charge in [0.05, 0.1) is 22.7 Å². The van der Waals surface area contributed by atoms with E-state index in [1.54, 1.807) is 0 Å². The van der Waals surface area contributed by atoms with Crippen LogP contribution in [0.5, 0.6) is 0 Å². The normalized spacial score (nSPS) is 27.3.